The van der Waals surface area contributed by atoms with Gasteiger partial charge in [-0.15, -0.1) is 0 Å². The van der Waals surface area contributed by atoms with Gasteiger partial charge in [-0.3, -0.25) is 9.59 Å². The van der Waals surface area contributed by atoms with E-state index in [1.54, 1.807) is 39.0 Å². The average molecular weight is 538 g/mol. The third-order valence-electron chi connectivity index (χ3n) is 5.86. The molecule has 0 aliphatic heterocycles. The minimum Gasteiger partial charge on any atom is -0.508 e. The summed E-state index contributed by atoms with van der Waals surface area (Å²) in [7, 11) is 0. The van der Waals surface area contributed by atoms with Crippen molar-refractivity contribution in [3.05, 3.63) is 29.8 Å². The molecule has 210 valence electrons. The average Bonchev–Trinajstić information content (AvgIpc) is 2.81. The zero-order valence-electron chi connectivity index (χ0n) is 23.4. The van der Waals surface area contributed by atoms with Crippen molar-refractivity contribution in [1.82, 2.24) is 15.5 Å². The zero-order chi connectivity index (χ0) is 28.0. The number of phenolic OH excluding ortho intramolecular Hbond substituents is 1. The number of ether oxygens (including phenoxy) is 1. The van der Waals surface area contributed by atoms with Gasteiger partial charge in [-0.05, 0) is 46.6 Å². The number of aromatic hydroxyl groups is 1. The summed E-state index contributed by atoms with van der Waals surface area (Å²) in [6.07, 6.45) is 5.71. The second-order valence-electron chi connectivity index (χ2n) is 10.5. The first-order chi connectivity index (χ1) is 17.4. The molecular formula is C28H47N3O5S. The number of alkyl carbamates (subject to hydrolysis) is 1. The molecular weight excluding hydrogens is 490 g/mol. The Bertz CT molecular complexity index is 858. The van der Waals surface area contributed by atoms with Crippen molar-refractivity contribution < 1.29 is 24.2 Å². The van der Waals surface area contributed by atoms with Gasteiger partial charge >= 0.3 is 6.09 Å². The molecule has 1 aromatic carbocycles. The van der Waals surface area contributed by atoms with Crippen LogP contribution in [0.4, 0.5) is 4.79 Å². The maximum absolute atomic E-state index is 13.9. The predicted octanol–water partition coefficient (Wildman–Crippen LogP) is 5.36. The summed E-state index contributed by atoms with van der Waals surface area (Å²) < 4.78 is 5.34. The smallest absolute Gasteiger partial charge is 0.408 e. The van der Waals surface area contributed by atoms with Gasteiger partial charge in [0.2, 0.25) is 11.8 Å². The molecule has 37 heavy (non-hydrogen) atoms. The lowest BCUT2D eigenvalue weighted by atomic mass is 10.0. The van der Waals surface area contributed by atoms with Crippen LogP contribution in [0, 0.1) is 0 Å². The summed E-state index contributed by atoms with van der Waals surface area (Å²) in [6.45, 7) is 11.6. The lowest BCUT2D eigenvalue weighted by Crippen LogP contribution is -2.54. The van der Waals surface area contributed by atoms with Crippen LogP contribution in [0.1, 0.15) is 98.1 Å². The Labute approximate surface area is 228 Å². The van der Waals surface area contributed by atoms with Crippen LogP contribution in [0.5, 0.6) is 5.75 Å². The minimum atomic E-state index is -1.07. The quantitative estimate of drug-likeness (QED) is 0.178. The molecule has 0 aliphatic rings. The highest BCUT2D eigenvalue weighted by atomic mass is 32.1. The zero-order valence-corrected chi connectivity index (χ0v) is 24.3. The second kappa shape index (κ2) is 16.4. The molecule has 0 heterocycles. The molecule has 1 rings (SSSR count). The summed E-state index contributed by atoms with van der Waals surface area (Å²) in [5.41, 5.74) is -0.401. The fourth-order valence-electron chi connectivity index (χ4n) is 4.08. The number of phenols is 1. The van der Waals surface area contributed by atoms with Crippen LogP contribution < -0.4 is 10.6 Å². The minimum absolute atomic E-state index is 0.0196. The number of thiol groups is 1. The van der Waals surface area contributed by atoms with Gasteiger partial charge in [-0.25, -0.2) is 4.79 Å². The highest BCUT2D eigenvalue weighted by molar-refractivity contribution is 7.80. The van der Waals surface area contributed by atoms with Gasteiger partial charge in [-0.1, -0.05) is 64.2 Å². The van der Waals surface area contributed by atoms with E-state index < -0.39 is 29.7 Å². The fourth-order valence-corrected chi connectivity index (χ4v) is 4.33. The van der Waals surface area contributed by atoms with Crippen LogP contribution in [0.2, 0.25) is 0 Å². The van der Waals surface area contributed by atoms with Crippen LogP contribution in [0.15, 0.2) is 24.3 Å². The van der Waals surface area contributed by atoms with Gasteiger partial charge in [0.05, 0.1) is 0 Å². The number of carbonyl (C=O) groups is 3. The van der Waals surface area contributed by atoms with Crippen LogP contribution >= 0.6 is 12.6 Å². The van der Waals surface area contributed by atoms with E-state index in [-0.39, 0.29) is 30.0 Å². The highest BCUT2D eigenvalue weighted by Crippen LogP contribution is 2.30. The first-order valence-corrected chi connectivity index (χ1v) is 14.1. The van der Waals surface area contributed by atoms with Gasteiger partial charge in [0, 0.05) is 23.9 Å². The molecule has 0 saturated carbocycles. The number of nitrogens with one attached hydrogen (secondary N) is 2. The number of amides is 3. The molecule has 8 nitrogen and oxygen atoms in total. The van der Waals surface area contributed by atoms with Crippen molar-refractivity contribution >= 4 is 30.5 Å². The van der Waals surface area contributed by atoms with E-state index in [9.17, 15) is 19.5 Å². The highest BCUT2D eigenvalue weighted by Gasteiger charge is 2.37. The predicted molar refractivity (Wildman–Crippen MR) is 151 cm³/mol. The number of carbonyl (C=O) groups excluding carboxylic acids is 3. The van der Waals surface area contributed by atoms with Crippen molar-refractivity contribution in [1.29, 1.82) is 0 Å². The summed E-state index contributed by atoms with van der Waals surface area (Å²) in [4.78, 5) is 41.5. The molecule has 0 fully saturated rings. The van der Waals surface area contributed by atoms with E-state index in [1.807, 2.05) is 13.8 Å². The number of nitrogens with zero attached hydrogens (tertiary/aromatic N) is 1. The molecule has 1 aromatic rings. The lowest BCUT2D eigenvalue weighted by Gasteiger charge is -2.35. The Balaban J connectivity index is 3.39. The Morgan fingerprint density at radius 1 is 1.03 bits per heavy atom. The van der Waals surface area contributed by atoms with Gasteiger partial charge < -0.3 is 25.4 Å². The van der Waals surface area contributed by atoms with E-state index in [2.05, 4.69) is 30.2 Å². The Kier molecular flexibility index (Phi) is 14.5. The van der Waals surface area contributed by atoms with Crippen molar-refractivity contribution in [2.45, 2.75) is 110 Å². The van der Waals surface area contributed by atoms with Gasteiger partial charge in [0.15, 0.2) is 0 Å². The third-order valence-corrected chi connectivity index (χ3v) is 6.22. The monoisotopic (exact) mass is 537 g/mol. The largest absolute Gasteiger partial charge is 0.508 e. The van der Waals surface area contributed by atoms with Crippen molar-refractivity contribution in [3.63, 3.8) is 0 Å². The van der Waals surface area contributed by atoms with Crippen LogP contribution in [-0.4, -0.2) is 57.9 Å². The van der Waals surface area contributed by atoms with Crippen molar-refractivity contribution in [2.24, 2.45) is 0 Å². The van der Waals surface area contributed by atoms with Gasteiger partial charge in [0.25, 0.3) is 0 Å². The van der Waals surface area contributed by atoms with Crippen molar-refractivity contribution in [2.75, 3.05) is 12.3 Å². The molecule has 3 unspecified atom stereocenters. The van der Waals surface area contributed by atoms with Crippen LogP contribution in [0.25, 0.3) is 0 Å². The third kappa shape index (κ3) is 11.7. The standard InChI is InChI=1S/C28H47N3O5S/c1-7-9-10-11-14-18-31(26(34)22(19-37)30-27(35)36-28(4,5)6)24(21-16-12-13-17-23(21)32)25(33)29-20(3)15-8-2/h12-13,16-17,20,22,24,32,37H,7-11,14-15,18-19H2,1-6H3,(H,29,33)(H,30,35). The van der Waals surface area contributed by atoms with Gasteiger partial charge in [0.1, 0.15) is 23.4 Å². The lowest BCUT2D eigenvalue weighted by molar-refractivity contribution is -0.142. The molecule has 3 amide bonds. The topological polar surface area (TPSA) is 108 Å². The van der Waals surface area contributed by atoms with Crippen LogP contribution in [-0.2, 0) is 14.3 Å². The maximum Gasteiger partial charge on any atom is 0.408 e. The first-order valence-electron chi connectivity index (χ1n) is 13.4. The normalized spacial score (nSPS) is 13.8. The van der Waals surface area contributed by atoms with Crippen LogP contribution in [0.3, 0.4) is 0 Å². The fraction of sp³-hybridized carbons (Fsp3) is 0.679. The van der Waals surface area contributed by atoms with E-state index in [0.717, 1.165) is 38.5 Å². The molecule has 0 radical (unpaired) electrons. The summed E-state index contributed by atoms with van der Waals surface area (Å²) in [5.74, 6) is -0.884. The van der Waals surface area contributed by atoms with E-state index in [0.29, 0.717) is 12.0 Å². The van der Waals surface area contributed by atoms with Crippen molar-refractivity contribution in [3.8, 4) is 5.75 Å². The number of hydrogen-bond donors (Lipinski definition) is 4. The molecule has 0 spiro atoms. The molecule has 3 atom stereocenters. The molecule has 9 heteroatoms. The number of benzene rings is 1. The SMILES string of the molecule is CCCCCCCN(C(=O)C(CS)NC(=O)OC(C)(C)C)C(C(=O)NC(C)CCC)c1ccccc1O. The molecule has 0 aromatic heterocycles. The number of hydrogen-bond acceptors (Lipinski definition) is 6. The summed E-state index contributed by atoms with van der Waals surface area (Å²) in [5, 5.41) is 16.3. The Morgan fingerprint density at radius 2 is 1.68 bits per heavy atom. The molecule has 3 N–H and O–H groups in total. The molecule has 0 saturated heterocycles. The van der Waals surface area contributed by atoms with Gasteiger partial charge in [-0.2, -0.15) is 12.6 Å². The van der Waals surface area contributed by atoms with E-state index >= 15 is 0 Å². The molecule has 0 aliphatic carbocycles. The summed E-state index contributed by atoms with van der Waals surface area (Å²) >= 11 is 4.32. The number of para-hydroxylation sites is 1. The Hall–Kier alpha value is -2.42. The number of rotatable bonds is 15. The van der Waals surface area contributed by atoms with E-state index in [4.69, 9.17) is 4.74 Å². The maximum atomic E-state index is 13.9. The first kappa shape index (κ1) is 32.6. The summed E-state index contributed by atoms with van der Waals surface area (Å²) in [6, 6.07) is 4.37. The van der Waals surface area contributed by atoms with E-state index in [1.165, 1.54) is 11.0 Å². The Morgan fingerprint density at radius 3 is 2.24 bits per heavy atom. The second-order valence-corrected chi connectivity index (χ2v) is 10.9. The number of unbranched alkanes of at least 4 members (excludes halogenated alkanes) is 4. The molecule has 0 bridgehead atoms.